The average molecular weight is 223 g/mol. The number of anilines is 1. The molecule has 0 spiro atoms. The molecule has 1 aromatic rings. The van der Waals surface area contributed by atoms with Gasteiger partial charge in [0.25, 0.3) is 0 Å². The highest BCUT2D eigenvalue weighted by Gasteiger charge is 2.06. The van der Waals surface area contributed by atoms with Gasteiger partial charge in [-0.1, -0.05) is 6.07 Å². The van der Waals surface area contributed by atoms with E-state index in [2.05, 4.69) is 0 Å². The van der Waals surface area contributed by atoms with Gasteiger partial charge >= 0.3 is 0 Å². The molecule has 16 heavy (non-hydrogen) atoms. The fraction of sp³-hybridized carbons (Fsp3) is 0.364. The van der Waals surface area contributed by atoms with Crippen molar-refractivity contribution in [3.8, 4) is 0 Å². The van der Waals surface area contributed by atoms with Crippen LogP contribution in [-0.4, -0.2) is 36.1 Å². The van der Waals surface area contributed by atoms with Gasteiger partial charge < -0.3 is 16.6 Å². The van der Waals surface area contributed by atoms with Crippen molar-refractivity contribution in [2.24, 2.45) is 5.73 Å². The topological polar surface area (TPSA) is 92.6 Å². The first kappa shape index (κ1) is 12.5. The molecule has 88 valence electrons. The van der Waals surface area contributed by atoms with Crippen LogP contribution in [0.25, 0.3) is 0 Å². The van der Waals surface area contributed by atoms with Crippen molar-refractivity contribution in [2.75, 3.05) is 25.9 Å². The van der Waals surface area contributed by atoms with E-state index in [0.717, 1.165) is 5.56 Å². The predicted molar refractivity (Wildman–Crippen MR) is 62.8 cm³/mol. The van der Waals surface area contributed by atoms with Gasteiger partial charge in [-0.15, -0.1) is 0 Å². The summed E-state index contributed by atoms with van der Waals surface area (Å²) in [5, 5.41) is 8.77. The molecule has 0 aliphatic rings. The summed E-state index contributed by atoms with van der Waals surface area (Å²) < 4.78 is 0. The number of nitrogen functional groups attached to an aromatic ring is 1. The summed E-state index contributed by atoms with van der Waals surface area (Å²) in [4.78, 5) is 12.9. The lowest BCUT2D eigenvalue weighted by Gasteiger charge is -2.16. The largest absolute Gasteiger partial charge is 0.398 e. The Morgan fingerprint density at radius 1 is 1.50 bits per heavy atom. The average Bonchev–Trinajstić information content (AvgIpc) is 2.21. The Balaban J connectivity index is 2.79. The number of amides is 1. The summed E-state index contributed by atoms with van der Waals surface area (Å²) in [6.45, 7) is 1.32. The van der Waals surface area contributed by atoms with Crippen LogP contribution in [0.15, 0.2) is 18.2 Å². The number of carbonyl (C=O) groups excluding carboxylic acids is 1. The lowest BCUT2D eigenvalue weighted by molar-refractivity contribution is 0.100. The summed E-state index contributed by atoms with van der Waals surface area (Å²) in [7, 11) is 1.89. The maximum Gasteiger partial charge on any atom is 0.248 e. The SMILES string of the molecule is CN(CCO)Cc1ccc(C(N)=O)cc1N. The Hall–Kier alpha value is -1.59. The molecule has 5 nitrogen and oxygen atoms in total. The number of aliphatic hydroxyl groups excluding tert-OH is 1. The molecular weight excluding hydrogens is 206 g/mol. The van der Waals surface area contributed by atoms with E-state index in [1.54, 1.807) is 18.2 Å². The summed E-state index contributed by atoms with van der Waals surface area (Å²) in [6.07, 6.45) is 0. The van der Waals surface area contributed by atoms with Gasteiger partial charge in [-0.25, -0.2) is 0 Å². The minimum atomic E-state index is -0.484. The highest BCUT2D eigenvalue weighted by Crippen LogP contribution is 2.15. The Kier molecular flexibility index (Phi) is 4.28. The number of primary amides is 1. The van der Waals surface area contributed by atoms with E-state index >= 15 is 0 Å². The van der Waals surface area contributed by atoms with E-state index in [-0.39, 0.29) is 6.61 Å². The van der Waals surface area contributed by atoms with Gasteiger partial charge in [0.15, 0.2) is 0 Å². The minimum absolute atomic E-state index is 0.107. The molecule has 1 rings (SSSR count). The molecule has 5 heteroatoms. The molecule has 0 aliphatic carbocycles. The van der Waals surface area contributed by atoms with Crippen molar-refractivity contribution in [3.05, 3.63) is 29.3 Å². The van der Waals surface area contributed by atoms with E-state index in [9.17, 15) is 4.79 Å². The number of hydrogen-bond donors (Lipinski definition) is 3. The summed E-state index contributed by atoms with van der Waals surface area (Å²) >= 11 is 0. The van der Waals surface area contributed by atoms with Gasteiger partial charge in [-0.05, 0) is 24.7 Å². The van der Waals surface area contributed by atoms with E-state index in [1.165, 1.54) is 0 Å². The van der Waals surface area contributed by atoms with Crippen LogP contribution in [0.3, 0.4) is 0 Å². The number of nitrogens with zero attached hydrogens (tertiary/aromatic N) is 1. The molecule has 0 atom stereocenters. The Labute approximate surface area is 94.7 Å². The molecule has 0 fully saturated rings. The molecule has 0 saturated carbocycles. The van der Waals surface area contributed by atoms with Crippen LogP contribution in [0.5, 0.6) is 0 Å². The number of aliphatic hydroxyl groups is 1. The van der Waals surface area contributed by atoms with Gasteiger partial charge in [-0.3, -0.25) is 9.69 Å². The molecule has 0 aromatic heterocycles. The predicted octanol–water partition coefficient (Wildman–Crippen LogP) is -0.208. The van der Waals surface area contributed by atoms with Crippen molar-refractivity contribution in [2.45, 2.75) is 6.54 Å². The molecule has 0 saturated heterocycles. The van der Waals surface area contributed by atoms with Crippen molar-refractivity contribution in [1.29, 1.82) is 0 Å². The van der Waals surface area contributed by atoms with E-state index in [1.807, 2.05) is 11.9 Å². The van der Waals surface area contributed by atoms with Crippen LogP contribution in [-0.2, 0) is 6.54 Å². The molecular formula is C11H17N3O2. The number of rotatable bonds is 5. The van der Waals surface area contributed by atoms with E-state index in [0.29, 0.717) is 24.3 Å². The van der Waals surface area contributed by atoms with Crippen LogP contribution in [0.4, 0.5) is 5.69 Å². The van der Waals surface area contributed by atoms with Gasteiger partial charge in [0.05, 0.1) is 6.61 Å². The molecule has 1 amide bonds. The van der Waals surface area contributed by atoms with Gasteiger partial charge in [0.1, 0.15) is 0 Å². The lowest BCUT2D eigenvalue weighted by Crippen LogP contribution is -2.22. The maximum absolute atomic E-state index is 10.9. The number of likely N-dealkylation sites (N-methyl/N-ethyl adjacent to an activating group) is 1. The zero-order valence-corrected chi connectivity index (χ0v) is 9.31. The van der Waals surface area contributed by atoms with Crippen LogP contribution < -0.4 is 11.5 Å². The van der Waals surface area contributed by atoms with Crippen molar-refractivity contribution in [3.63, 3.8) is 0 Å². The molecule has 1 aromatic carbocycles. The normalized spacial score (nSPS) is 10.7. The number of nitrogens with two attached hydrogens (primary N) is 2. The third kappa shape index (κ3) is 3.22. The summed E-state index contributed by atoms with van der Waals surface area (Å²) in [5.74, 6) is -0.484. The fourth-order valence-electron chi connectivity index (χ4n) is 1.43. The number of benzene rings is 1. The second-order valence-electron chi connectivity index (χ2n) is 3.74. The second-order valence-corrected chi connectivity index (χ2v) is 3.74. The standard InChI is InChI=1S/C11H17N3O2/c1-14(4-5-15)7-9-3-2-8(11(13)16)6-10(9)12/h2-3,6,15H,4-5,7,12H2,1H3,(H2,13,16). The van der Waals surface area contributed by atoms with Crippen molar-refractivity contribution >= 4 is 11.6 Å². The Morgan fingerprint density at radius 2 is 2.19 bits per heavy atom. The monoisotopic (exact) mass is 223 g/mol. The van der Waals surface area contributed by atoms with Crippen LogP contribution in [0.1, 0.15) is 15.9 Å². The smallest absolute Gasteiger partial charge is 0.248 e. The molecule has 0 aliphatic heterocycles. The summed E-state index contributed by atoms with van der Waals surface area (Å²) in [5.41, 5.74) is 12.8. The highest BCUT2D eigenvalue weighted by molar-refractivity contribution is 5.93. The lowest BCUT2D eigenvalue weighted by atomic mass is 10.1. The van der Waals surface area contributed by atoms with Crippen LogP contribution >= 0.6 is 0 Å². The number of hydrogen-bond acceptors (Lipinski definition) is 4. The maximum atomic E-state index is 10.9. The first-order valence-corrected chi connectivity index (χ1v) is 5.02. The van der Waals surface area contributed by atoms with Crippen molar-refractivity contribution < 1.29 is 9.90 Å². The highest BCUT2D eigenvalue weighted by atomic mass is 16.3. The zero-order chi connectivity index (χ0) is 12.1. The third-order valence-electron chi connectivity index (χ3n) is 2.35. The summed E-state index contributed by atoms with van der Waals surface area (Å²) in [6, 6.07) is 5.01. The van der Waals surface area contributed by atoms with Crippen molar-refractivity contribution in [1.82, 2.24) is 4.90 Å². The zero-order valence-electron chi connectivity index (χ0n) is 9.31. The number of carbonyl (C=O) groups is 1. The van der Waals surface area contributed by atoms with Gasteiger partial charge in [0, 0.05) is 24.3 Å². The second kappa shape index (κ2) is 5.48. The first-order chi connectivity index (χ1) is 7.54. The molecule has 0 unspecified atom stereocenters. The quantitative estimate of drug-likeness (QED) is 0.602. The molecule has 5 N–H and O–H groups in total. The molecule has 0 heterocycles. The molecule has 0 radical (unpaired) electrons. The Morgan fingerprint density at radius 3 is 2.69 bits per heavy atom. The molecule has 0 bridgehead atoms. The van der Waals surface area contributed by atoms with Crippen LogP contribution in [0, 0.1) is 0 Å². The van der Waals surface area contributed by atoms with Gasteiger partial charge in [0.2, 0.25) is 5.91 Å². The van der Waals surface area contributed by atoms with E-state index < -0.39 is 5.91 Å². The van der Waals surface area contributed by atoms with Gasteiger partial charge in [-0.2, -0.15) is 0 Å². The third-order valence-corrected chi connectivity index (χ3v) is 2.35. The Bertz CT molecular complexity index is 379. The van der Waals surface area contributed by atoms with E-state index in [4.69, 9.17) is 16.6 Å². The van der Waals surface area contributed by atoms with Crippen LogP contribution in [0.2, 0.25) is 0 Å². The first-order valence-electron chi connectivity index (χ1n) is 5.02. The minimum Gasteiger partial charge on any atom is -0.398 e. The fourth-order valence-corrected chi connectivity index (χ4v) is 1.43.